The van der Waals surface area contributed by atoms with Crippen LogP contribution < -0.4 is 10.1 Å². The topological polar surface area (TPSA) is 128 Å². The van der Waals surface area contributed by atoms with Gasteiger partial charge >= 0.3 is 12.1 Å². The van der Waals surface area contributed by atoms with Crippen molar-refractivity contribution in [3.8, 4) is 11.5 Å². The number of amides is 1. The molecule has 0 aromatic heterocycles. The Hall–Kier alpha value is -3.62. The minimum atomic E-state index is -1.38. The Morgan fingerprint density at radius 3 is 2.15 bits per heavy atom. The highest BCUT2D eigenvalue weighted by molar-refractivity contribution is 5.80. The van der Waals surface area contributed by atoms with Crippen molar-refractivity contribution in [1.82, 2.24) is 5.32 Å². The van der Waals surface area contributed by atoms with Gasteiger partial charge in [0.25, 0.3) is 5.69 Å². The first-order valence-corrected chi connectivity index (χ1v) is 10.4. The average molecular weight is 459 g/mol. The Labute approximate surface area is 192 Å². The first-order valence-electron chi connectivity index (χ1n) is 10.4. The van der Waals surface area contributed by atoms with Gasteiger partial charge < -0.3 is 19.9 Å². The number of nitrogens with one attached hydrogen (secondary N) is 1. The molecule has 178 valence electrons. The number of carbonyl (C=O) groups excluding carboxylic acids is 1. The van der Waals surface area contributed by atoms with E-state index in [0.29, 0.717) is 5.75 Å². The second-order valence-electron chi connectivity index (χ2n) is 9.67. The van der Waals surface area contributed by atoms with Gasteiger partial charge in [-0.1, -0.05) is 32.9 Å². The Morgan fingerprint density at radius 2 is 1.67 bits per heavy atom. The number of carbonyl (C=O) groups is 2. The van der Waals surface area contributed by atoms with Crippen molar-refractivity contribution < 1.29 is 29.1 Å². The largest absolute Gasteiger partial charge is 0.480 e. The monoisotopic (exact) mass is 458 g/mol. The molecular formula is C24H30N2O7. The van der Waals surface area contributed by atoms with Crippen LogP contribution >= 0.6 is 0 Å². The zero-order valence-corrected chi connectivity index (χ0v) is 19.7. The molecule has 0 spiro atoms. The number of nitro groups is 1. The van der Waals surface area contributed by atoms with Gasteiger partial charge in [-0.2, -0.15) is 0 Å². The number of non-ortho nitro benzene ring substituents is 1. The molecule has 2 aromatic rings. The standard InChI is InChI=1S/C24H30N2O7/c1-23(2,3)16-7-10-18(11-8-16)32-20-12-9-17(26(30)31)13-15(20)14-19(21(27)28)25-22(29)33-24(4,5)6/h7-13,19H,14H2,1-6H3,(H,25,29)(H,27,28). The number of rotatable bonds is 7. The number of nitro benzene ring substituents is 1. The maximum Gasteiger partial charge on any atom is 0.408 e. The summed E-state index contributed by atoms with van der Waals surface area (Å²) in [6.07, 6.45) is -1.15. The highest BCUT2D eigenvalue weighted by atomic mass is 16.6. The van der Waals surface area contributed by atoms with E-state index < -0.39 is 28.6 Å². The molecule has 0 aliphatic heterocycles. The lowest BCUT2D eigenvalue weighted by molar-refractivity contribution is -0.384. The molecule has 2 N–H and O–H groups in total. The van der Waals surface area contributed by atoms with Crippen molar-refractivity contribution in [3.05, 3.63) is 63.7 Å². The molecule has 0 aliphatic carbocycles. The first-order chi connectivity index (χ1) is 15.2. The lowest BCUT2D eigenvalue weighted by Crippen LogP contribution is -2.44. The van der Waals surface area contributed by atoms with E-state index in [4.69, 9.17) is 9.47 Å². The maximum atomic E-state index is 12.1. The van der Waals surface area contributed by atoms with E-state index in [1.807, 2.05) is 12.1 Å². The van der Waals surface area contributed by atoms with E-state index >= 15 is 0 Å². The van der Waals surface area contributed by atoms with E-state index in [9.17, 15) is 24.8 Å². The Bertz CT molecular complexity index is 1020. The summed E-state index contributed by atoms with van der Waals surface area (Å²) in [6, 6.07) is 9.95. The molecule has 0 bridgehead atoms. The summed E-state index contributed by atoms with van der Waals surface area (Å²) in [6.45, 7) is 11.2. The molecule has 2 aromatic carbocycles. The van der Waals surface area contributed by atoms with Crippen LogP contribution in [0.2, 0.25) is 0 Å². The number of hydrogen-bond acceptors (Lipinski definition) is 6. The fourth-order valence-electron chi connectivity index (χ4n) is 2.96. The van der Waals surface area contributed by atoms with Crippen molar-refractivity contribution in [2.45, 2.75) is 65.0 Å². The van der Waals surface area contributed by atoms with E-state index in [2.05, 4.69) is 26.1 Å². The van der Waals surface area contributed by atoms with Gasteiger partial charge in [0, 0.05) is 24.1 Å². The summed E-state index contributed by atoms with van der Waals surface area (Å²) >= 11 is 0. The lowest BCUT2D eigenvalue weighted by Gasteiger charge is -2.22. The number of alkyl carbamates (subject to hydrolysis) is 1. The molecule has 9 nitrogen and oxygen atoms in total. The van der Waals surface area contributed by atoms with Crippen molar-refractivity contribution in [3.63, 3.8) is 0 Å². The first kappa shape index (κ1) is 25.6. The van der Waals surface area contributed by atoms with Gasteiger partial charge in [0.05, 0.1) is 4.92 Å². The third-order valence-electron chi connectivity index (χ3n) is 4.62. The highest BCUT2D eigenvalue weighted by Crippen LogP contribution is 2.31. The molecule has 1 amide bonds. The van der Waals surface area contributed by atoms with Crippen LogP contribution in [0, 0.1) is 10.1 Å². The van der Waals surface area contributed by atoms with Crippen LogP contribution in [-0.2, 0) is 21.4 Å². The molecule has 0 aliphatic rings. The molecular weight excluding hydrogens is 428 g/mol. The van der Waals surface area contributed by atoms with Crippen molar-refractivity contribution >= 4 is 17.7 Å². The number of benzene rings is 2. The second-order valence-corrected chi connectivity index (χ2v) is 9.67. The minimum Gasteiger partial charge on any atom is -0.480 e. The van der Waals surface area contributed by atoms with Gasteiger partial charge in [-0.3, -0.25) is 10.1 Å². The zero-order valence-electron chi connectivity index (χ0n) is 19.7. The third-order valence-corrected chi connectivity index (χ3v) is 4.62. The van der Waals surface area contributed by atoms with Crippen LogP contribution in [0.1, 0.15) is 52.7 Å². The van der Waals surface area contributed by atoms with E-state index in [1.165, 1.54) is 18.2 Å². The molecule has 0 heterocycles. The van der Waals surface area contributed by atoms with Crippen LogP contribution in [0.15, 0.2) is 42.5 Å². The van der Waals surface area contributed by atoms with Gasteiger partial charge in [0.2, 0.25) is 0 Å². The molecule has 0 saturated heterocycles. The molecule has 2 rings (SSSR count). The van der Waals surface area contributed by atoms with Crippen LogP contribution in [0.25, 0.3) is 0 Å². The predicted molar refractivity (Wildman–Crippen MR) is 123 cm³/mol. The smallest absolute Gasteiger partial charge is 0.408 e. The average Bonchev–Trinajstić information content (AvgIpc) is 2.66. The Morgan fingerprint density at radius 1 is 1.06 bits per heavy atom. The normalized spacial score (nSPS) is 12.5. The summed E-state index contributed by atoms with van der Waals surface area (Å²) in [5.41, 5.74) is 0.284. The van der Waals surface area contributed by atoms with Crippen LogP contribution in [0.3, 0.4) is 0 Å². The zero-order chi connectivity index (χ0) is 25.0. The molecule has 33 heavy (non-hydrogen) atoms. The Balaban J connectivity index is 2.33. The molecule has 0 radical (unpaired) electrons. The van der Waals surface area contributed by atoms with E-state index in [1.54, 1.807) is 32.9 Å². The summed E-state index contributed by atoms with van der Waals surface area (Å²) in [5, 5.41) is 23.2. The molecule has 9 heteroatoms. The SMILES string of the molecule is CC(C)(C)OC(=O)NC(Cc1cc([N+](=O)[O-])ccc1Oc1ccc(C(C)(C)C)cc1)C(=O)O. The van der Waals surface area contributed by atoms with Crippen LogP contribution in [0.4, 0.5) is 10.5 Å². The van der Waals surface area contributed by atoms with E-state index in [-0.39, 0.29) is 28.8 Å². The number of carboxylic acid groups (broad SMARTS) is 1. The number of aliphatic carboxylic acids is 1. The molecule has 1 unspecified atom stereocenters. The second kappa shape index (κ2) is 9.89. The maximum absolute atomic E-state index is 12.1. The number of ether oxygens (including phenoxy) is 2. The predicted octanol–water partition coefficient (Wildman–Crippen LogP) is 5.21. The van der Waals surface area contributed by atoms with Gasteiger partial charge in [-0.25, -0.2) is 9.59 Å². The fraction of sp³-hybridized carbons (Fsp3) is 0.417. The van der Waals surface area contributed by atoms with Gasteiger partial charge in [-0.05, 0) is 49.9 Å². The van der Waals surface area contributed by atoms with Gasteiger partial charge in [-0.15, -0.1) is 0 Å². The number of nitrogens with zero attached hydrogens (tertiary/aromatic N) is 1. The fourth-order valence-corrected chi connectivity index (χ4v) is 2.96. The Kier molecular flexibility index (Phi) is 7.68. The molecule has 1 atom stereocenters. The number of carboxylic acids is 1. The summed E-state index contributed by atoms with van der Waals surface area (Å²) < 4.78 is 11.0. The third kappa shape index (κ3) is 7.78. The van der Waals surface area contributed by atoms with Crippen molar-refractivity contribution in [1.29, 1.82) is 0 Å². The van der Waals surface area contributed by atoms with Crippen LogP contribution in [-0.4, -0.2) is 33.7 Å². The minimum absolute atomic E-state index is 0.0426. The quantitative estimate of drug-likeness (QED) is 0.431. The van der Waals surface area contributed by atoms with Gasteiger partial charge in [0.15, 0.2) is 0 Å². The molecule has 0 fully saturated rings. The van der Waals surface area contributed by atoms with Crippen LogP contribution in [0.5, 0.6) is 11.5 Å². The van der Waals surface area contributed by atoms with Crippen molar-refractivity contribution in [2.75, 3.05) is 0 Å². The summed E-state index contributed by atoms with van der Waals surface area (Å²) in [7, 11) is 0. The summed E-state index contributed by atoms with van der Waals surface area (Å²) in [4.78, 5) is 34.6. The van der Waals surface area contributed by atoms with E-state index in [0.717, 1.165) is 5.56 Å². The highest BCUT2D eigenvalue weighted by Gasteiger charge is 2.26. The molecule has 0 saturated carbocycles. The number of hydrogen-bond donors (Lipinski definition) is 2. The lowest BCUT2D eigenvalue weighted by atomic mass is 9.87. The summed E-state index contributed by atoms with van der Waals surface area (Å²) in [5.74, 6) is -0.570. The van der Waals surface area contributed by atoms with Crippen molar-refractivity contribution in [2.24, 2.45) is 0 Å². The van der Waals surface area contributed by atoms with Gasteiger partial charge in [0.1, 0.15) is 23.1 Å².